The normalized spacial score (nSPS) is 21.6. The molecule has 5 nitrogen and oxygen atoms in total. The van der Waals surface area contributed by atoms with Crippen LogP contribution in [-0.4, -0.2) is 23.4 Å². The van der Waals surface area contributed by atoms with Crippen LogP contribution in [0.4, 0.5) is 0 Å². The highest BCUT2D eigenvalue weighted by Crippen LogP contribution is 2.34. The van der Waals surface area contributed by atoms with E-state index in [4.69, 9.17) is 13.9 Å². The van der Waals surface area contributed by atoms with Gasteiger partial charge in [0.15, 0.2) is 0 Å². The molecule has 5 heteroatoms. The predicted octanol–water partition coefficient (Wildman–Crippen LogP) is 3.51. The lowest BCUT2D eigenvalue weighted by Gasteiger charge is -2.23. The third-order valence-corrected chi connectivity index (χ3v) is 4.91. The highest BCUT2D eigenvalue weighted by molar-refractivity contribution is 5.37. The van der Waals surface area contributed by atoms with Crippen LogP contribution in [0.1, 0.15) is 34.7 Å². The van der Waals surface area contributed by atoms with Gasteiger partial charge in [-0.05, 0) is 36.1 Å². The molecular weight excluding hydrogens is 316 g/mol. The molecule has 0 saturated carbocycles. The molecule has 0 fully saturated rings. The van der Waals surface area contributed by atoms with Crippen LogP contribution >= 0.6 is 0 Å². The Balaban J connectivity index is 1.35. The SMILES string of the molecule is c1ccc2c(c1)CC(c1nnc(C3COc4ccccc4C3)o1)CO2. The average Bonchev–Trinajstić information content (AvgIpc) is 3.17. The molecule has 0 N–H and O–H groups in total. The Morgan fingerprint density at radius 1 is 0.680 bits per heavy atom. The fourth-order valence-corrected chi connectivity index (χ4v) is 3.55. The van der Waals surface area contributed by atoms with Gasteiger partial charge in [-0.3, -0.25) is 0 Å². The topological polar surface area (TPSA) is 57.4 Å². The van der Waals surface area contributed by atoms with E-state index in [-0.39, 0.29) is 11.8 Å². The van der Waals surface area contributed by atoms with Crippen molar-refractivity contribution in [3.8, 4) is 11.5 Å². The maximum atomic E-state index is 6.01. The van der Waals surface area contributed by atoms with Crippen molar-refractivity contribution in [2.45, 2.75) is 24.7 Å². The lowest BCUT2D eigenvalue weighted by molar-refractivity contribution is 0.222. The molecule has 0 bridgehead atoms. The van der Waals surface area contributed by atoms with E-state index >= 15 is 0 Å². The Labute approximate surface area is 145 Å². The van der Waals surface area contributed by atoms with E-state index < -0.39 is 0 Å². The third kappa shape index (κ3) is 2.65. The zero-order chi connectivity index (χ0) is 16.6. The number of hydrogen-bond donors (Lipinski definition) is 0. The second-order valence-corrected chi connectivity index (χ2v) is 6.62. The molecule has 0 radical (unpaired) electrons. The number of benzene rings is 2. The summed E-state index contributed by atoms with van der Waals surface area (Å²) in [6.45, 7) is 1.14. The van der Waals surface area contributed by atoms with Gasteiger partial charge in [0, 0.05) is 0 Å². The lowest BCUT2D eigenvalue weighted by atomic mass is 9.96. The summed E-state index contributed by atoms with van der Waals surface area (Å²) in [5.41, 5.74) is 2.38. The molecule has 2 atom stereocenters. The maximum absolute atomic E-state index is 6.01. The van der Waals surface area contributed by atoms with E-state index in [2.05, 4.69) is 22.3 Å². The summed E-state index contributed by atoms with van der Waals surface area (Å²) in [4.78, 5) is 0. The van der Waals surface area contributed by atoms with E-state index in [0.29, 0.717) is 25.0 Å². The molecule has 3 heterocycles. The van der Waals surface area contributed by atoms with Gasteiger partial charge in [0.05, 0.1) is 11.8 Å². The smallest absolute Gasteiger partial charge is 0.223 e. The Kier molecular flexibility index (Phi) is 3.44. The summed E-state index contributed by atoms with van der Waals surface area (Å²) in [6.07, 6.45) is 1.73. The third-order valence-electron chi connectivity index (χ3n) is 4.91. The van der Waals surface area contributed by atoms with Crippen LogP contribution in [-0.2, 0) is 12.8 Å². The molecule has 0 amide bonds. The van der Waals surface area contributed by atoms with E-state index in [1.807, 2.05) is 36.4 Å². The summed E-state index contributed by atoms with van der Waals surface area (Å²) in [5.74, 6) is 3.43. The van der Waals surface area contributed by atoms with Gasteiger partial charge in [-0.15, -0.1) is 10.2 Å². The number of ether oxygens (including phenoxy) is 2. The summed E-state index contributed by atoms with van der Waals surface area (Å²) in [6, 6.07) is 16.2. The van der Waals surface area contributed by atoms with Crippen LogP contribution in [0.25, 0.3) is 0 Å². The quantitative estimate of drug-likeness (QED) is 0.718. The minimum atomic E-state index is 0.105. The Morgan fingerprint density at radius 2 is 1.16 bits per heavy atom. The molecule has 0 spiro atoms. The fraction of sp³-hybridized carbons (Fsp3) is 0.300. The van der Waals surface area contributed by atoms with Crippen molar-refractivity contribution in [3.05, 3.63) is 71.4 Å². The molecule has 25 heavy (non-hydrogen) atoms. The fourth-order valence-electron chi connectivity index (χ4n) is 3.55. The zero-order valence-corrected chi connectivity index (χ0v) is 13.7. The molecule has 2 unspecified atom stereocenters. The second kappa shape index (κ2) is 5.92. The summed E-state index contributed by atoms with van der Waals surface area (Å²) in [5, 5.41) is 8.58. The Bertz CT molecular complexity index is 833. The first-order valence-corrected chi connectivity index (χ1v) is 8.61. The highest BCUT2D eigenvalue weighted by Gasteiger charge is 2.29. The van der Waals surface area contributed by atoms with Crippen molar-refractivity contribution >= 4 is 0 Å². The maximum Gasteiger partial charge on any atom is 0.223 e. The van der Waals surface area contributed by atoms with Gasteiger partial charge in [0.25, 0.3) is 0 Å². The van der Waals surface area contributed by atoms with Gasteiger partial charge in [-0.1, -0.05) is 36.4 Å². The standard InChI is InChI=1S/C20H18N2O3/c1-3-7-17-13(5-1)9-15(11-23-17)19-21-22-20(25-19)16-10-14-6-2-4-8-18(14)24-12-16/h1-8,15-16H,9-12H2. The number of hydrogen-bond acceptors (Lipinski definition) is 5. The van der Waals surface area contributed by atoms with Gasteiger partial charge in [-0.25, -0.2) is 0 Å². The molecule has 2 aliphatic heterocycles. The van der Waals surface area contributed by atoms with E-state index in [1.54, 1.807) is 0 Å². The van der Waals surface area contributed by atoms with Gasteiger partial charge in [0.1, 0.15) is 24.7 Å². The molecule has 0 aliphatic carbocycles. The van der Waals surface area contributed by atoms with Crippen molar-refractivity contribution < 1.29 is 13.9 Å². The molecule has 2 aliphatic rings. The van der Waals surface area contributed by atoms with Crippen LogP contribution in [0.5, 0.6) is 11.5 Å². The van der Waals surface area contributed by atoms with Gasteiger partial charge >= 0.3 is 0 Å². The minimum Gasteiger partial charge on any atom is -0.492 e. The van der Waals surface area contributed by atoms with Crippen molar-refractivity contribution in [1.29, 1.82) is 0 Å². The average molecular weight is 334 g/mol. The molecule has 0 saturated heterocycles. The highest BCUT2D eigenvalue weighted by atomic mass is 16.5. The number of aromatic nitrogens is 2. The molecular formula is C20H18N2O3. The van der Waals surface area contributed by atoms with Crippen molar-refractivity contribution in [2.24, 2.45) is 0 Å². The zero-order valence-electron chi connectivity index (χ0n) is 13.7. The van der Waals surface area contributed by atoms with Crippen LogP contribution in [0.15, 0.2) is 52.9 Å². The number of rotatable bonds is 2. The molecule has 1 aromatic heterocycles. The summed E-state index contributed by atoms with van der Waals surface area (Å²) in [7, 11) is 0. The second-order valence-electron chi connectivity index (χ2n) is 6.62. The van der Waals surface area contributed by atoms with Crippen LogP contribution in [0.2, 0.25) is 0 Å². The predicted molar refractivity (Wildman–Crippen MR) is 91.1 cm³/mol. The summed E-state index contributed by atoms with van der Waals surface area (Å²) < 4.78 is 17.7. The van der Waals surface area contributed by atoms with E-state index in [1.165, 1.54) is 11.1 Å². The first-order chi connectivity index (χ1) is 12.4. The van der Waals surface area contributed by atoms with Crippen LogP contribution in [0, 0.1) is 0 Å². The van der Waals surface area contributed by atoms with E-state index in [0.717, 1.165) is 24.3 Å². The number of fused-ring (bicyclic) bond motifs is 2. The van der Waals surface area contributed by atoms with Crippen LogP contribution in [0.3, 0.4) is 0 Å². The number of nitrogens with zero attached hydrogens (tertiary/aromatic N) is 2. The number of para-hydroxylation sites is 2. The minimum absolute atomic E-state index is 0.105. The lowest BCUT2D eigenvalue weighted by Crippen LogP contribution is -2.20. The van der Waals surface area contributed by atoms with Crippen molar-refractivity contribution in [2.75, 3.05) is 13.2 Å². The van der Waals surface area contributed by atoms with Gasteiger partial charge in [0.2, 0.25) is 11.8 Å². The van der Waals surface area contributed by atoms with Gasteiger partial charge < -0.3 is 13.9 Å². The summed E-state index contributed by atoms with van der Waals surface area (Å²) >= 11 is 0. The monoisotopic (exact) mass is 334 g/mol. The van der Waals surface area contributed by atoms with Crippen molar-refractivity contribution in [3.63, 3.8) is 0 Å². The van der Waals surface area contributed by atoms with Crippen LogP contribution < -0.4 is 9.47 Å². The van der Waals surface area contributed by atoms with Gasteiger partial charge in [-0.2, -0.15) is 0 Å². The molecule has 3 aromatic rings. The Hall–Kier alpha value is -2.82. The largest absolute Gasteiger partial charge is 0.492 e. The Morgan fingerprint density at radius 3 is 1.68 bits per heavy atom. The molecule has 2 aromatic carbocycles. The van der Waals surface area contributed by atoms with Crippen molar-refractivity contribution in [1.82, 2.24) is 10.2 Å². The van der Waals surface area contributed by atoms with E-state index in [9.17, 15) is 0 Å². The first-order valence-electron chi connectivity index (χ1n) is 8.61. The first kappa shape index (κ1) is 14.5. The molecule has 5 rings (SSSR count). The molecule has 126 valence electrons.